The van der Waals surface area contributed by atoms with Gasteiger partial charge in [0.25, 0.3) is 0 Å². The number of rotatable bonds is 8. The van der Waals surface area contributed by atoms with Crippen molar-refractivity contribution in [2.24, 2.45) is 4.99 Å². The SMILES string of the molecule is COc1ccc(CCN2C(=O)C[C@H](C(=O)Nc3ccccc3OC)SC2=Nc2ccc(F)cc2)cc1. The summed E-state index contributed by atoms with van der Waals surface area (Å²) in [6.45, 7) is 0.388. The third kappa shape index (κ3) is 6.23. The van der Waals surface area contributed by atoms with Gasteiger partial charge in [0.05, 0.1) is 25.6 Å². The van der Waals surface area contributed by atoms with Crippen LogP contribution in [0.4, 0.5) is 15.8 Å². The van der Waals surface area contributed by atoms with Gasteiger partial charge in [0.15, 0.2) is 5.17 Å². The van der Waals surface area contributed by atoms with Crippen molar-refractivity contribution in [3.05, 3.63) is 84.2 Å². The Kier molecular flexibility index (Phi) is 8.22. The molecule has 4 rings (SSSR count). The minimum absolute atomic E-state index is 0.0245. The molecule has 9 heteroatoms. The van der Waals surface area contributed by atoms with E-state index in [1.807, 2.05) is 30.3 Å². The summed E-state index contributed by atoms with van der Waals surface area (Å²) in [7, 11) is 3.13. The maximum atomic E-state index is 13.4. The van der Waals surface area contributed by atoms with E-state index in [1.165, 1.54) is 43.1 Å². The van der Waals surface area contributed by atoms with Crippen molar-refractivity contribution in [3.8, 4) is 11.5 Å². The van der Waals surface area contributed by atoms with Gasteiger partial charge in [0.2, 0.25) is 11.8 Å². The predicted molar refractivity (Wildman–Crippen MR) is 140 cm³/mol. The molecule has 7 nitrogen and oxygen atoms in total. The number of amidine groups is 1. The maximum Gasteiger partial charge on any atom is 0.238 e. The van der Waals surface area contributed by atoms with Crippen molar-refractivity contribution in [2.75, 3.05) is 26.1 Å². The zero-order valence-corrected chi connectivity index (χ0v) is 20.8. The molecule has 0 aromatic heterocycles. The van der Waals surface area contributed by atoms with Crippen LogP contribution < -0.4 is 14.8 Å². The van der Waals surface area contributed by atoms with Crippen LogP contribution in [0.3, 0.4) is 0 Å². The molecule has 1 aliphatic rings. The lowest BCUT2D eigenvalue weighted by Crippen LogP contribution is -2.46. The largest absolute Gasteiger partial charge is 0.497 e. The van der Waals surface area contributed by atoms with Crippen molar-refractivity contribution in [2.45, 2.75) is 18.1 Å². The molecule has 0 radical (unpaired) electrons. The van der Waals surface area contributed by atoms with E-state index < -0.39 is 5.25 Å². The van der Waals surface area contributed by atoms with Crippen LogP contribution in [0.25, 0.3) is 0 Å². The molecule has 2 amide bonds. The first-order valence-corrected chi connectivity index (χ1v) is 12.2. The van der Waals surface area contributed by atoms with Gasteiger partial charge in [-0.15, -0.1) is 0 Å². The molecular weight excluding hydrogens is 481 g/mol. The number of hydrogen-bond donors (Lipinski definition) is 1. The molecule has 1 heterocycles. The van der Waals surface area contributed by atoms with E-state index in [1.54, 1.807) is 30.2 Å². The number of benzene rings is 3. The number of carbonyl (C=O) groups is 2. The number of nitrogens with one attached hydrogen (secondary N) is 1. The molecule has 3 aromatic rings. The second-order valence-corrected chi connectivity index (χ2v) is 9.18. The van der Waals surface area contributed by atoms with Crippen LogP contribution >= 0.6 is 11.8 Å². The summed E-state index contributed by atoms with van der Waals surface area (Å²) in [5.74, 6) is 0.379. The fourth-order valence-electron chi connectivity index (χ4n) is 3.68. The summed E-state index contributed by atoms with van der Waals surface area (Å²) in [5.41, 5.74) is 2.05. The molecule has 3 aromatic carbocycles. The van der Waals surface area contributed by atoms with Gasteiger partial charge in [0.1, 0.15) is 22.6 Å². The number of ether oxygens (including phenoxy) is 2. The average Bonchev–Trinajstić information content (AvgIpc) is 2.90. The Bertz CT molecular complexity index is 1250. The highest BCUT2D eigenvalue weighted by Crippen LogP contribution is 2.31. The van der Waals surface area contributed by atoms with E-state index in [4.69, 9.17) is 9.47 Å². The number of aliphatic imine (C=N–C) groups is 1. The van der Waals surface area contributed by atoms with Gasteiger partial charge in [0, 0.05) is 13.0 Å². The molecule has 1 saturated heterocycles. The van der Waals surface area contributed by atoms with Crippen molar-refractivity contribution < 1.29 is 23.5 Å². The lowest BCUT2D eigenvalue weighted by Gasteiger charge is -2.32. The van der Waals surface area contributed by atoms with Crippen molar-refractivity contribution in [1.82, 2.24) is 4.90 Å². The Balaban J connectivity index is 1.54. The number of halogens is 1. The van der Waals surface area contributed by atoms with E-state index in [0.717, 1.165) is 11.3 Å². The molecule has 1 aliphatic heterocycles. The predicted octanol–water partition coefficient (Wildman–Crippen LogP) is 5.05. The Hall–Kier alpha value is -3.85. The van der Waals surface area contributed by atoms with E-state index in [0.29, 0.717) is 35.3 Å². The summed E-state index contributed by atoms with van der Waals surface area (Å²) >= 11 is 1.21. The number of thioether (sulfide) groups is 1. The third-order valence-electron chi connectivity index (χ3n) is 5.63. The molecule has 0 spiro atoms. The minimum Gasteiger partial charge on any atom is -0.497 e. The van der Waals surface area contributed by atoms with Gasteiger partial charge in [-0.1, -0.05) is 36.0 Å². The highest BCUT2D eigenvalue weighted by Gasteiger charge is 2.36. The summed E-state index contributed by atoms with van der Waals surface area (Å²) in [6, 6.07) is 20.4. The summed E-state index contributed by atoms with van der Waals surface area (Å²) in [4.78, 5) is 32.5. The van der Waals surface area contributed by atoms with E-state index >= 15 is 0 Å². The first-order chi connectivity index (χ1) is 17.5. The molecule has 1 fully saturated rings. The number of carbonyl (C=O) groups excluding carboxylic acids is 2. The standard InChI is InChI=1S/C27H26FN3O4S/c1-34-21-13-7-18(8-14-21)15-16-31-25(32)17-24(26(33)30-22-5-3-4-6-23(22)35-2)36-27(31)29-20-11-9-19(28)10-12-20/h3-14,24H,15-17H2,1-2H3,(H,30,33)/t24-/m1/s1. The zero-order chi connectivity index (χ0) is 25.5. The number of hydrogen-bond acceptors (Lipinski definition) is 6. The highest BCUT2D eigenvalue weighted by molar-refractivity contribution is 8.15. The molecule has 1 N–H and O–H groups in total. The fraction of sp³-hybridized carbons (Fsp3) is 0.222. The van der Waals surface area contributed by atoms with Gasteiger partial charge in [-0.3, -0.25) is 14.5 Å². The number of amides is 2. The number of nitrogens with zero attached hydrogens (tertiary/aromatic N) is 2. The topological polar surface area (TPSA) is 80.2 Å². The second kappa shape index (κ2) is 11.7. The van der Waals surface area contributed by atoms with E-state index in [-0.39, 0.29) is 24.1 Å². The first-order valence-electron chi connectivity index (χ1n) is 11.3. The van der Waals surface area contributed by atoms with Crippen LogP contribution in [-0.4, -0.2) is 47.9 Å². The van der Waals surface area contributed by atoms with Gasteiger partial charge < -0.3 is 14.8 Å². The summed E-state index contributed by atoms with van der Waals surface area (Å²) < 4.78 is 23.9. The lowest BCUT2D eigenvalue weighted by molar-refractivity contribution is -0.129. The van der Waals surface area contributed by atoms with Crippen molar-refractivity contribution in [1.29, 1.82) is 0 Å². The van der Waals surface area contributed by atoms with Crippen LogP contribution in [-0.2, 0) is 16.0 Å². The van der Waals surface area contributed by atoms with Gasteiger partial charge in [-0.05, 0) is 60.5 Å². The van der Waals surface area contributed by atoms with Gasteiger partial charge >= 0.3 is 0 Å². The molecule has 0 unspecified atom stereocenters. The van der Waals surface area contributed by atoms with Crippen LogP contribution in [0.5, 0.6) is 11.5 Å². The molecule has 1 atom stereocenters. The van der Waals surface area contributed by atoms with E-state index in [2.05, 4.69) is 10.3 Å². The van der Waals surface area contributed by atoms with Crippen LogP contribution in [0.1, 0.15) is 12.0 Å². The maximum absolute atomic E-state index is 13.4. The van der Waals surface area contributed by atoms with Crippen LogP contribution in [0.2, 0.25) is 0 Å². The lowest BCUT2D eigenvalue weighted by atomic mass is 10.1. The second-order valence-electron chi connectivity index (χ2n) is 8.01. The summed E-state index contributed by atoms with van der Waals surface area (Å²) in [6.07, 6.45) is 0.619. The van der Waals surface area contributed by atoms with Crippen LogP contribution in [0, 0.1) is 5.82 Å². The molecular formula is C27H26FN3O4S. The molecule has 0 bridgehead atoms. The fourth-order valence-corrected chi connectivity index (χ4v) is 4.81. The number of anilines is 1. The van der Waals surface area contributed by atoms with Crippen molar-refractivity contribution in [3.63, 3.8) is 0 Å². The van der Waals surface area contributed by atoms with Gasteiger partial charge in [-0.25, -0.2) is 9.38 Å². The molecule has 0 aliphatic carbocycles. The Morgan fingerprint density at radius 1 is 1.06 bits per heavy atom. The van der Waals surface area contributed by atoms with Crippen LogP contribution in [0.15, 0.2) is 77.8 Å². The smallest absolute Gasteiger partial charge is 0.238 e. The Labute approximate surface area is 213 Å². The minimum atomic E-state index is -0.682. The normalized spacial score (nSPS) is 16.6. The quantitative estimate of drug-likeness (QED) is 0.462. The molecule has 0 saturated carbocycles. The van der Waals surface area contributed by atoms with Gasteiger partial charge in [-0.2, -0.15) is 0 Å². The number of methoxy groups -OCH3 is 2. The monoisotopic (exact) mass is 507 g/mol. The molecule has 36 heavy (non-hydrogen) atoms. The van der Waals surface area contributed by atoms with Crippen molar-refractivity contribution >= 4 is 40.1 Å². The highest BCUT2D eigenvalue weighted by atomic mass is 32.2. The van der Waals surface area contributed by atoms with E-state index in [9.17, 15) is 14.0 Å². The number of para-hydroxylation sites is 2. The first kappa shape index (κ1) is 25.2. The molecule has 186 valence electrons. The Morgan fingerprint density at radius 2 is 1.78 bits per heavy atom. The zero-order valence-electron chi connectivity index (χ0n) is 19.9. The Morgan fingerprint density at radius 3 is 2.47 bits per heavy atom. The third-order valence-corrected chi connectivity index (χ3v) is 6.82. The summed E-state index contributed by atoms with van der Waals surface area (Å²) in [5, 5.41) is 2.57. The average molecular weight is 508 g/mol.